The highest BCUT2D eigenvalue weighted by atomic mass is 35.5. The van der Waals surface area contributed by atoms with Crippen LogP contribution in [0.3, 0.4) is 0 Å². The van der Waals surface area contributed by atoms with Crippen molar-refractivity contribution in [1.82, 2.24) is 0 Å². The number of benzene rings is 1. The highest BCUT2D eigenvalue weighted by Crippen LogP contribution is 2.42. The van der Waals surface area contributed by atoms with Crippen LogP contribution < -0.4 is 4.74 Å². The molecule has 0 saturated carbocycles. The third-order valence-corrected chi connectivity index (χ3v) is 5.62. The van der Waals surface area contributed by atoms with E-state index in [9.17, 15) is 9.59 Å². The van der Waals surface area contributed by atoms with Crippen molar-refractivity contribution in [2.24, 2.45) is 0 Å². The SMILES string of the molecule is CCCCCCCCCCOC(=O)CCC(=O)Oc1c(Cl)c(Cl)cc(Cl)c1Cl. The van der Waals surface area contributed by atoms with Gasteiger partial charge in [0.05, 0.1) is 29.5 Å². The van der Waals surface area contributed by atoms with E-state index in [0.29, 0.717) is 6.61 Å². The Morgan fingerprint density at radius 3 is 1.86 bits per heavy atom. The van der Waals surface area contributed by atoms with Crippen molar-refractivity contribution >= 4 is 58.3 Å². The minimum atomic E-state index is -0.675. The smallest absolute Gasteiger partial charge is 0.311 e. The normalized spacial score (nSPS) is 10.8. The molecule has 0 aromatic heterocycles. The summed E-state index contributed by atoms with van der Waals surface area (Å²) in [7, 11) is 0. The maximum Gasteiger partial charge on any atom is 0.311 e. The van der Waals surface area contributed by atoms with Gasteiger partial charge in [0.2, 0.25) is 0 Å². The van der Waals surface area contributed by atoms with E-state index in [0.717, 1.165) is 19.3 Å². The van der Waals surface area contributed by atoms with E-state index >= 15 is 0 Å². The molecule has 0 bridgehead atoms. The van der Waals surface area contributed by atoms with Crippen molar-refractivity contribution in [2.75, 3.05) is 6.61 Å². The summed E-state index contributed by atoms with van der Waals surface area (Å²) in [6.45, 7) is 2.57. The molecular weight excluding hydrogens is 446 g/mol. The lowest BCUT2D eigenvalue weighted by Gasteiger charge is -2.10. The third-order valence-electron chi connectivity index (χ3n) is 4.08. The predicted octanol–water partition coefficient (Wildman–Crippen LogP) is 7.67. The molecule has 0 atom stereocenters. The van der Waals surface area contributed by atoms with E-state index in [1.54, 1.807) is 0 Å². The minimum Gasteiger partial charge on any atom is -0.466 e. The Hall–Kier alpha value is -0.680. The molecule has 0 spiro atoms. The fourth-order valence-electron chi connectivity index (χ4n) is 2.50. The van der Waals surface area contributed by atoms with E-state index < -0.39 is 11.9 Å². The van der Waals surface area contributed by atoms with Crippen LogP contribution in [0.2, 0.25) is 20.1 Å². The summed E-state index contributed by atoms with van der Waals surface area (Å²) < 4.78 is 10.2. The van der Waals surface area contributed by atoms with Gasteiger partial charge in [0, 0.05) is 0 Å². The number of halogens is 4. The number of carbonyl (C=O) groups is 2. The summed E-state index contributed by atoms with van der Waals surface area (Å²) in [5.41, 5.74) is 0. The second-order valence-electron chi connectivity index (χ2n) is 6.47. The van der Waals surface area contributed by atoms with Gasteiger partial charge in [-0.2, -0.15) is 0 Å². The van der Waals surface area contributed by atoms with Crippen LogP contribution in [-0.4, -0.2) is 18.5 Å². The standard InChI is InChI=1S/C20H26Cl4O4/c1-2-3-4-5-6-7-8-9-12-27-16(25)10-11-17(26)28-20-18(23)14(21)13-15(22)19(20)24/h13H,2-12H2,1H3. The first-order chi connectivity index (χ1) is 13.4. The van der Waals surface area contributed by atoms with E-state index in [2.05, 4.69) is 6.92 Å². The maximum absolute atomic E-state index is 11.9. The van der Waals surface area contributed by atoms with E-state index in [1.165, 1.54) is 38.2 Å². The number of hydrogen-bond acceptors (Lipinski definition) is 4. The van der Waals surface area contributed by atoms with Crippen molar-refractivity contribution < 1.29 is 19.1 Å². The van der Waals surface area contributed by atoms with E-state index in [1.807, 2.05) is 0 Å². The zero-order valence-corrected chi connectivity index (χ0v) is 19.0. The molecule has 0 unspecified atom stereocenters. The van der Waals surface area contributed by atoms with E-state index in [4.69, 9.17) is 55.9 Å². The fourth-order valence-corrected chi connectivity index (χ4v) is 3.37. The van der Waals surface area contributed by atoms with Gasteiger partial charge in [0.15, 0.2) is 5.75 Å². The highest BCUT2D eigenvalue weighted by molar-refractivity contribution is 6.48. The Labute approximate surface area is 186 Å². The Morgan fingerprint density at radius 2 is 1.29 bits per heavy atom. The number of carbonyl (C=O) groups excluding carboxylic acids is 2. The molecule has 4 nitrogen and oxygen atoms in total. The van der Waals surface area contributed by atoms with Crippen LogP contribution in [0.25, 0.3) is 0 Å². The van der Waals surface area contributed by atoms with Gasteiger partial charge in [0.1, 0.15) is 10.0 Å². The number of hydrogen-bond donors (Lipinski definition) is 0. The summed E-state index contributed by atoms with van der Waals surface area (Å²) in [6.07, 6.45) is 9.09. The molecule has 8 heteroatoms. The summed E-state index contributed by atoms with van der Waals surface area (Å²) in [6, 6.07) is 1.35. The molecule has 28 heavy (non-hydrogen) atoms. The largest absolute Gasteiger partial charge is 0.466 e. The lowest BCUT2D eigenvalue weighted by atomic mass is 10.1. The number of esters is 2. The van der Waals surface area contributed by atoms with Crippen molar-refractivity contribution in [2.45, 2.75) is 71.1 Å². The molecule has 1 aromatic carbocycles. The van der Waals surface area contributed by atoms with Crippen LogP contribution in [0.1, 0.15) is 71.1 Å². The van der Waals surface area contributed by atoms with Gasteiger partial charge in [-0.25, -0.2) is 0 Å². The topological polar surface area (TPSA) is 52.6 Å². The molecule has 0 N–H and O–H groups in total. The lowest BCUT2D eigenvalue weighted by Crippen LogP contribution is -2.13. The van der Waals surface area contributed by atoms with Gasteiger partial charge in [-0.15, -0.1) is 0 Å². The number of ether oxygens (including phenoxy) is 2. The quantitative estimate of drug-likeness (QED) is 0.128. The van der Waals surface area contributed by atoms with Gasteiger partial charge >= 0.3 is 11.9 Å². The number of unbranched alkanes of at least 4 members (excludes halogenated alkanes) is 7. The molecule has 1 rings (SSSR count). The third kappa shape index (κ3) is 9.69. The predicted molar refractivity (Wildman–Crippen MR) is 115 cm³/mol. The Balaban J connectivity index is 2.21. The van der Waals surface area contributed by atoms with Crippen LogP contribution in [0.4, 0.5) is 0 Å². The molecule has 0 aliphatic carbocycles. The molecule has 0 amide bonds. The van der Waals surface area contributed by atoms with Crippen molar-refractivity contribution in [3.8, 4) is 5.75 Å². The van der Waals surface area contributed by atoms with Crippen molar-refractivity contribution in [3.63, 3.8) is 0 Å². The van der Waals surface area contributed by atoms with Crippen LogP contribution in [0.15, 0.2) is 6.07 Å². The molecule has 0 radical (unpaired) electrons. The number of rotatable bonds is 13. The Morgan fingerprint density at radius 1 is 0.786 bits per heavy atom. The first-order valence-corrected chi connectivity index (χ1v) is 11.1. The minimum absolute atomic E-state index is 0.0123. The lowest BCUT2D eigenvalue weighted by molar-refractivity contribution is -0.147. The maximum atomic E-state index is 11.9. The summed E-state index contributed by atoms with van der Waals surface area (Å²) in [5, 5.41) is 0.204. The molecular formula is C20H26Cl4O4. The van der Waals surface area contributed by atoms with Gasteiger partial charge < -0.3 is 9.47 Å². The molecule has 0 aliphatic heterocycles. The Bertz CT molecular complexity index is 623. The van der Waals surface area contributed by atoms with Crippen LogP contribution >= 0.6 is 46.4 Å². The van der Waals surface area contributed by atoms with Crippen molar-refractivity contribution in [3.05, 3.63) is 26.2 Å². The van der Waals surface area contributed by atoms with E-state index in [-0.39, 0.29) is 38.7 Å². The summed E-state index contributed by atoms with van der Waals surface area (Å²) in [5.74, 6) is -1.23. The molecule has 158 valence electrons. The van der Waals surface area contributed by atoms with Gasteiger partial charge in [-0.3, -0.25) is 9.59 Å². The van der Waals surface area contributed by atoms with Crippen LogP contribution in [0.5, 0.6) is 5.75 Å². The molecule has 0 heterocycles. The zero-order valence-electron chi connectivity index (χ0n) is 16.0. The molecule has 0 fully saturated rings. The first-order valence-electron chi connectivity index (χ1n) is 9.56. The average molecular weight is 472 g/mol. The van der Waals surface area contributed by atoms with Crippen molar-refractivity contribution in [1.29, 1.82) is 0 Å². The molecule has 1 aromatic rings. The van der Waals surface area contributed by atoms with Crippen LogP contribution in [-0.2, 0) is 14.3 Å². The monoisotopic (exact) mass is 470 g/mol. The summed E-state index contributed by atoms with van der Waals surface area (Å²) in [4.78, 5) is 23.7. The average Bonchev–Trinajstić information content (AvgIpc) is 2.67. The van der Waals surface area contributed by atoms with Gasteiger partial charge in [-0.1, -0.05) is 98.3 Å². The molecule has 0 aliphatic rings. The fraction of sp³-hybridized carbons (Fsp3) is 0.600. The van der Waals surface area contributed by atoms with Gasteiger partial charge in [0.25, 0.3) is 0 Å². The highest BCUT2D eigenvalue weighted by Gasteiger charge is 2.19. The first kappa shape index (κ1) is 25.4. The zero-order chi connectivity index (χ0) is 20.9. The van der Waals surface area contributed by atoms with Gasteiger partial charge in [-0.05, 0) is 12.5 Å². The Kier molecular flexibility index (Phi) is 13.0. The van der Waals surface area contributed by atoms with Crippen LogP contribution in [0, 0.1) is 0 Å². The summed E-state index contributed by atoms with van der Waals surface area (Å²) >= 11 is 23.7. The second-order valence-corrected chi connectivity index (χ2v) is 8.04. The molecule has 0 saturated heterocycles. The second kappa shape index (κ2) is 14.3.